The zero-order chi connectivity index (χ0) is 24.5. The van der Waals surface area contributed by atoms with Crippen molar-refractivity contribution in [3.63, 3.8) is 0 Å². The Morgan fingerprint density at radius 3 is 2.75 bits per heavy atom. The van der Waals surface area contributed by atoms with Crippen molar-refractivity contribution in [2.45, 2.75) is 56.7 Å². The fourth-order valence-electron chi connectivity index (χ4n) is 5.32. The lowest BCUT2D eigenvalue weighted by molar-refractivity contribution is 0.110. The molecule has 0 radical (unpaired) electrons. The minimum absolute atomic E-state index is 0.176. The van der Waals surface area contributed by atoms with Crippen molar-refractivity contribution in [3.8, 4) is 17.0 Å². The van der Waals surface area contributed by atoms with E-state index in [9.17, 15) is 4.39 Å². The number of benzene rings is 1. The molecular weight excluding hydrogens is 457 g/mol. The maximum absolute atomic E-state index is 15.0. The molecule has 2 fully saturated rings. The fraction of sp³-hybridized carbons (Fsp3) is 0.481. The zero-order valence-electron chi connectivity index (χ0n) is 20.6. The van der Waals surface area contributed by atoms with Crippen LogP contribution in [0.3, 0.4) is 0 Å². The van der Waals surface area contributed by atoms with Gasteiger partial charge in [-0.3, -0.25) is 0 Å². The van der Waals surface area contributed by atoms with Crippen LogP contribution in [0.25, 0.3) is 33.2 Å². The molecule has 4 heterocycles. The number of aromatic amines is 1. The lowest BCUT2D eigenvalue weighted by Crippen LogP contribution is -2.35. The molecule has 8 nitrogen and oxygen atoms in total. The quantitative estimate of drug-likeness (QED) is 0.388. The zero-order valence-corrected chi connectivity index (χ0v) is 20.6. The Kier molecular flexibility index (Phi) is 6.17. The van der Waals surface area contributed by atoms with Gasteiger partial charge in [-0.15, -0.1) is 0 Å². The second-order valence-electron chi connectivity index (χ2n) is 10.3. The third-order valence-electron chi connectivity index (χ3n) is 7.53. The summed E-state index contributed by atoms with van der Waals surface area (Å²) in [6, 6.07) is 6.02. The number of alkyl halides is 1. The number of halogens is 1. The molecule has 36 heavy (non-hydrogen) atoms. The van der Waals surface area contributed by atoms with Crippen LogP contribution in [-0.2, 0) is 0 Å². The number of nitrogens with one attached hydrogen (secondary N) is 2. The molecule has 9 heteroatoms. The van der Waals surface area contributed by atoms with Gasteiger partial charge in [0, 0.05) is 36.4 Å². The lowest BCUT2D eigenvalue weighted by atomic mass is 9.86. The second-order valence-corrected chi connectivity index (χ2v) is 10.3. The molecule has 188 valence electrons. The highest BCUT2D eigenvalue weighted by molar-refractivity contribution is 5.95. The number of fused-ring (bicyclic) bond motifs is 2. The monoisotopic (exact) mass is 489 g/mol. The minimum Gasteiger partial charge on any atom is -0.473 e. The van der Waals surface area contributed by atoms with Crippen LogP contribution in [0.15, 0.2) is 36.8 Å². The van der Waals surface area contributed by atoms with Gasteiger partial charge in [-0.2, -0.15) is 4.98 Å². The van der Waals surface area contributed by atoms with Gasteiger partial charge in [0.2, 0.25) is 11.8 Å². The average molecular weight is 490 g/mol. The molecule has 0 unspecified atom stereocenters. The van der Waals surface area contributed by atoms with Crippen molar-refractivity contribution in [1.29, 1.82) is 0 Å². The Balaban J connectivity index is 1.21. The molecular formula is C27H32FN7O. The second kappa shape index (κ2) is 9.61. The summed E-state index contributed by atoms with van der Waals surface area (Å²) in [6.45, 7) is 2.31. The first-order valence-electron chi connectivity index (χ1n) is 12.9. The van der Waals surface area contributed by atoms with E-state index in [-0.39, 0.29) is 12.6 Å². The van der Waals surface area contributed by atoms with Crippen LogP contribution >= 0.6 is 0 Å². The van der Waals surface area contributed by atoms with Crippen LogP contribution in [-0.4, -0.2) is 68.3 Å². The molecule has 0 atom stereocenters. The van der Waals surface area contributed by atoms with E-state index in [0.717, 1.165) is 72.7 Å². The number of anilines is 1. The molecule has 2 aliphatic rings. The number of nitrogens with zero attached hydrogens (tertiary/aromatic N) is 5. The van der Waals surface area contributed by atoms with E-state index in [1.54, 1.807) is 12.4 Å². The molecule has 1 saturated carbocycles. The van der Waals surface area contributed by atoms with Crippen molar-refractivity contribution < 1.29 is 9.13 Å². The van der Waals surface area contributed by atoms with Crippen molar-refractivity contribution in [3.05, 3.63) is 36.8 Å². The summed E-state index contributed by atoms with van der Waals surface area (Å²) in [4.78, 5) is 23.9. The Morgan fingerprint density at radius 2 is 1.92 bits per heavy atom. The summed E-state index contributed by atoms with van der Waals surface area (Å²) >= 11 is 0. The number of aromatic nitrogens is 5. The summed E-state index contributed by atoms with van der Waals surface area (Å²) in [5, 5.41) is 4.01. The summed E-state index contributed by atoms with van der Waals surface area (Å²) < 4.78 is 21.1. The summed E-state index contributed by atoms with van der Waals surface area (Å²) in [5.74, 6) is 1.01. The van der Waals surface area contributed by atoms with Crippen LogP contribution in [0, 0.1) is 0 Å². The average Bonchev–Trinajstić information content (AvgIpc) is 3.32. The maximum atomic E-state index is 15.0. The summed E-state index contributed by atoms with van der Waals surface area (Å²) in [7, 11) is 2.14. The third kappa shape index (κ3) is 4.84. The van der Waals surface area contributed by atoms with Crippen LogP contribution in [0.2, 0.25) is 0 Å². The van der Waals surface area contributed by atoms with E-state index < -0.39 is 5.67 Å². The highest BCUT2D eigenvalue weighted by Gasteiger charge is 2.31. The first-order chi connectivity index (χ1) is 17.5. The fourth-order valence-corrected chi connectivity index (χ4v) is 5.32. The van der Waals surface area contributed by atoms with Crippen LogP contribution in [0.1, 0.15) is 44.9 Å². The van der Waals surface area contributed by atoms with E-state index >= 15 is 0 Å². The van der Waals surface area contributed by atoms with Gasteiger partial charge >= 0.3 is 0 Å². The van der Waals surface area contributed by atoms with Gasteiger partial charge in [0.1, 0.15) is 17.4 Å². The number of rotatable bonds is 6. The van der Waals surface area contributed by atoms with E-state index in [1.165, 1.54) is 0 Å². The Hall–Kier alpha value is -3.33. The van der Waals surface area contributed by atoms with Crippen molar-refractivity contribution in [2.75, 3.05) is 32.0 Å². The van der Waals surface area contributed by atoms with E-state index in [1.807, 2.05) is 24.4 Å². The number of piperidine rings is 1. The predicted octanol–water partition coefficient (Wildman–Crippen LogP) is 5.13. The number of hydrogen-bond donors (Lipinski definition) is 2. The van der Waals surface area contributed by atoms with Crippen molar-refractivity contribution in [1.82, 2.24) is 29.8 Å². The molecule has 2 N–H and O–H groups in total. The lowest BCUT2D eigenvalue weighted by Gasteiger charge is -2.29. The Labute approximate surface area is 209 Å². The molecule has 0 spiro atoms. The standard InChI is InChI=1S/C27H32FN7O/c1-35-11-7-19(8-12-35)36-24-16-29-22-6-5-18(13-23(22)33-24)20-14-30-25-21(20)15-31-26(34-25)32-17-27(28)9-3-2-4-10-27/h5-6,13-16,19H,2-4,7-12,17H2,1H3,(H2,30,31,32,34). The maximum Gasteiger partial charge on any atom is 0.233 e. The molecule has 1 aliphatic heterocycles. The predicted molar refractivity (Wildman–Crippen MR) is 139 cm³/mol. The van der Waals surface area contributed by atoms with Gasteiger partial charge in [-0.1, -0.05) is 25.3 Å². The van der Waals surface area contributed by atoms with Gasteiger partial charge in [-0.25, -0.2) is 19.3 Å². The number of hydrogen-bond acceptors (Lipinski definition) is 7. The van der Waals surface area contributed by atoms with Crippen molar-refractivity contribution in [2.24, 2.45) is 0 Å². The number of ether oxygens (including phenoxy) is 1. The highest BCUT2D eigenvalue weighted by Crippen LogP contribution is 2.33. The highest BCUT2D eigenvalue weighted by atomic mass is 19.1. The first-order valence-corrected chi connectivity index (χ1v) is 12.9. The van der Waals surface area contributed by atoms with Crippen LogP contribution in [0.4, 0.5) is 10.3 Å². The molecule has 4 aromatic rings. The third-order valence-corrected chi connectivity index (χ3v) is 7.53. The molecule has 3 aromatic heterocycles. The van der Waals surface area contributed by atoms with Gasteiger partial charge in [0.15, 0.2) is 0 Å². The number of likely N-dealkylation sites (tertiary alicyclic amines) is 1. The van der Waals surface area contributed by atoms with Gasteiger partial charge < -0.3 is 19.9 Å². The smallest absolute Gasteiger partial charge is 0.233 e. The van der Waals surface area contributed by atoms with Gasteiger partial charge in [0.25, 0.3) is 0 Å². The van der Waals surface area contributed by atoms with Crippen molar-refractivity contribution >= 4 is 28.0 Å². The normalized spacial score (nSPS) is 19.1. The van der Waals surface area contributed by atoms with Crippen LogP contribution < -0.4 is 10.1 Å². The van der Waals surface area contributed by atoms with E-state index in [2.05, 4.69) is 37.2 Å². The first kappa shape index (κ1) is 23.1. The summed E-state index contributed by atoms with van der Waals surface area (Å²) in [6.07, 6.45) is 11.8. The molecule has 0 amide bonds. The molecule has 1 saturated heterocycles. The van der Waals surface area contributed by atoms with E-state index in [4.69, 9.17) is 9.72 Å². The summed E-state index contributed by atoms with van der Waals surface area (Å²) in [5.41, 5.74) is 3.13. The van der Waals surface area contributed by atoms with E-state index in [0.29, 0.717) is 30.3 Å². The number of H-pyrrole nitrogens is 1. The molecule has 6 rings (SSSR count). The Bertz CT molecular complexity index is 1360. The largest absolute Gasteiger partial charge is 0.473 e. The SMILES string of the molecule is CN1CCC(Oc2cnc3ccc(-c4c[nH]c5nc(NCC6(F)CCCCC6)ncc45)cc3n2)CC1. The van der Waals surface area contributed by atoms with Gasteiger partial charge in [0.05, 0.1) is 23.8 Å². The molecule has 0 bridgehead atoms. The topological polar surface area (TPSA) is 91.8 Å². The van der Waals surface area contributed by atoms with Crippen LogP contribution in [0.5, 0.6) is 5.88 Å². The molecule has 1 aromatic carbocycles. The molecule has 1 aliphatic carbocycles. The van der Waals surface area contributed by atoms with Gasteiger partial charge in [-0.05, 0) is 50.4 Å². The Morgan fingerprint density at radius 1 is 1.08 bits per heavy atom. The minimum atomic E-state index is -1.17.